The van der Waals surface area contributed by atoms with Crippen LogP contribution in [0.3, 0.4) is 0 Å². The highest BCUT2D eigenvalue weighted by Crippen LogP contribution is 2.32. The predicted octanol–water partition coefficient (Wildman–Crippen LogP) is 3.05. The van der Waals surface area contributed by atoms with Crippen molar-refractivity contribution < 1.29 is 32.2 Å². The van der Waals surface area contributed by atoms with Crippen LogP contribution in [-0.4, -0.2) is 25.0 Å². The van der Waals surface area contributed by atoms with E-state index in [-0.39, 0.29) is 18.2 Å². The zero-order valence-electron chi connectivity index (χ0n) is 13.2. The first-order chi connectivity index (χ1) is 12.3. The molecule has 9 heteroatoms. The lowest BCUT2D eigenvalue weighted by Gasteiger charge is -2.18. The summed E-state index contributed by atoms with van der Waals surface area (Å²) in [5.74, 6) is -0.154. The lowest BCUT2D eigenvalue weighted by Crippen LogP contribution is -2.25. The Morgan fingerprint density at radius 3 is 2.81 bits per heavy atom. The highest BCUT2D eigenvalue weighted by molar-refractivity contribution is 5.95. The number of ether oxygens (including phenoxy) is 2. The van der Waals surface area contributed by atoms with Gasteiger partial charge in [-0.3, -0.25) is 9.59 Å². The molecule has 0 aromatic heterocycles. The number of alkyl halides is 3. The number of carbonyl (C=O) groups excluding carboxylic acids is 2. The van der Waals surface area contributed by atoms with Gasteiger partial charge in [0, 0.05) is 11.8 Å². The molecular weight excluding hydrogens is 353 g/mol. The van der Waals surface area contributed by atoms with E-state index in [4.69, 9.17) is 9.47 Å². The molecule has 0 fully saturated rings. The normalized spacial score (nSPS) is 13.3. The number of hydrogen-bond acceptors (Lipinski definition) is 4. The van der Waals surface area contributed by atoms with Crippen LogP contribution in [0.5, 0.6) is 11.5 Å². The van der Waals surface area contributed by atoms with Gasteiger partial charge in [-0.1, -0.05) is 6.07 Å². The molecule has 2 aromatic carbocycles. The molecule has 0 spiro atoms. The number of anilines is 2. The predicted molar refractivity (Wildman–Crippen MR) is 86.1 cm³/mol. The van der Waals surface area contributed by atoms with E-state index >= 15 is 0 Å². The summed E-state index contributed by atoms with van der Waals surface area (Å²) >= 11 is 0. The first-order valence-electron chi connectivity index (χ1n) is 7.48. The van der Waals surface area contributed by atoms with Gasteiger partial charge in [0.15, 0.2) is 13.2 Å². The van der Waals surface area contributed by atoms with Crippen molar-refractivity contribution in [3.63, 3.8) is 0 Å². The van der Waals surface area contributed by atoms with Gasteiger partial charge in [-0.05, 0) is 30.3 Å². The molecule has 0 saturated carbocycles. The number of hydrogen-bond donors (Lipinski definition) is 2. The number of amides is 2. The van der Waals surface area contributed by atoms with Gasteiger partial charge < -0.3 is 20.1 Å². The number of fused-ring (bicyclic) bond motifs is 1. The minimum atomic E-state index is -4.49. The maximum atomic E-state index is 12.7. The SMILES string of the molecule is O=C(COc1ccc2c(c1)NC(=O)CO2)Nc1cccc(C(F)(F)F)c1. The third-order valence-corrected chi connectivity index (χ3v) is 3.43. The zero-order chi connectivity index (χ0) is 18.7. The molecule has 2 aromatic rings. The highest BCUT2D eigenvalue weighted by Gasteiger charge is 2.30. The van der Waals surface area contributed by atoms with Crippen molar-refractivity contribution in [2.24, 2.45) is 0 Å². The van der Waals surface area contributed by atoms with Gasteiger partial charge >= 0.3 is 6.18 Å². The lowest BCUT2D eigenvalue weighted by molar-refractivity contribution is -0.137. The third-order valence-electron chi connectivity index (χ3n) is 3.43. The summed E-state index contributed by atoms with van der Waals surface area (Å²) in [6.07, 6.45) is -4.49. The smallest absolute Gasteiger partial charge is 0.416 e. The molecule has 2 amide bonds. The fraction of sp³-hybridized carbons (Fsp3) is 0.176. The maximum Gasteiger partial charge on any atom is 0.416 e. The Balaban J connectivity index is 1.60. The Hall–Kier alpha value is -3.23. The van der Waals surface area contributed by atoms with Crippen LogP contribution >= 0.6 is 0 Å². The van der Waals surface area contributed by atoms with Gasteiger partial charge in [0.25, 0.3) is 11.8 Å². The van der Waals surface area contributed by atoms with Crippen LogP contribution in [0.2, 0.25) is 0 Å². The summed E-state index contributed by atoms with van der Waals surface area (Å²) in [4.78, 5) is 23.2. The fourth-order valence-electron chi connectivity index (χ4n) is 2.27. The minimum absolute atomic E-state index is 0.0135. The molecule has 26 heavy (non-hydrogen) atoms. The number of nitrogens with one attached hydrogen (secondary N) is 2. The molecule has 2 N–H and O–H groups in total. The summed E-state index contributed by atoms with van der Waals surface area (Å²) < 4.78 is 48.5. The molecule has 1 aliphatic rings. The topological polar surface area (TPSA) is 76.7 Å². The second-order valence-corrected chi connectivity index (χ2v) is 5.41. The zero-order valence-corrected chi connectivity index (χ0v) is 13.2. The molecular formula is C17H13F3N2O4. The molecule has 0 aliphatic carbocycles. The average molecular weight is 366 g/mol. The molecule has 0 atom stereocenters. The minimum Gasteiger partial charge on any atom is -0.484 e. The molecule has 6 nitrogen and oxygen atoms in total. The molecule has 1 heterocycles. The van der Waals surface area contributed by atoms with Crippen molar-refractivity contribution in [3.05, 3.63) is 48.0 Å². The molecule has 0 unspecified atom stereocenters. The van der Waals surface area contributed by atoms with E-state index in [9.17, 15) is 22.8 Å². The van der Waals surface area contributed by atoms with E-state index < -0.39 is 24.3 Å². The summed E-state index contributed by atoms with van der Waals surface area (Å²) in [5, 5.41) is 4.93. The van der Waals surface area contributed by atoms with Crippen LogP contribution in [0.1, 0.15) is 5.56 Å². The molecule has 136 valence electrons. The van der Waals surface area contributed by atoms with Crippen LogP contribution in [0.15, 0.2) is 42.5 Å². The summed E-state index contributed by atoms with van der Waals surface area (Å²) in [5.41, 5.74) is -0.432. The van der Waals surface area contributed by atoms with Crippen molar-refractivity contribution in [3.8, 4) is 11.5 Å². The molecule has 0 saturated heterocycles. The molecule has 1 aliphatic heterocycles. The van der Waals surface area contributed by atoms with Gasteiger partial charge in [0.1, 0.15) is 11.5 Å². The van der Waals surface area contributed by atoms with Crippen LogP contribution in [-0.2, 0) is 15.8 Å². The molecule has 0 bridgehead atoms. The Morgan fingerprint density at radius 1 is 1.23 bits per heavy atom. The first kappa shape index (κ1) is 17.6. The first-order valence-corrected chi connectivity index (χ1v) is 7.48. The van der Waals surface area contributed by atoms with E-state index in [1.165, 1.54) is 18.2 Å². The van der Waals surface area contributed by atoms with E-state index in [2.05, 4.69) is 10.6 Å². The maximum absolute atomic E-state index is 12.7. The second kappa shape index (κ2) is 6.95. The van der Waals surface area contributed by atoms with Crippen molar-refractivity contribution in [2.45, 2.75) is 6.18 Å². The monoisotopic (exact) mass is 366 g/mol. The Labute approximate surface area is 145 Å². The van der Waals surface area contributed by atoms with Gasteiger partial charge in [0.05, 0.1) is 11.3 Å². The quantitative estimate of drug-likeness (QED) is 0.872. The Morgan fingerprint density at radius 2 is 2.04 bits per heavy atom. The lowest BCUT2D eigenvalue weighted by atomic mass is 10.2. The number of rotatable bonds is 4. The van der Waals surface area contributed by atoms with Crippen molar-refractivity contribution in [1.82, 2.24) is 0 Å². The van der Waals surface area contributed by atoms with Crippen LogP contribution < -0.4 is 20.1 Å². The number of halogens is 3. The third kappa shape index (κ3) is 4.24. The Kier molecular flexibility index (Phi) is 4.70. The highest BCUT2D eigenvalue weighted by atomic mass is 19.4. The van der Waals surface area contributed by atoms with Gasteiger partial charge in [-0.2, -0.15) is 13.2 Å². The average Bonchev–Trinajstić information content (AvgIpc) is 2.59. The standard InChI is InChI=1S/C17H13F3N2O4/c18-17(19,20)10-2-1-3-11(6-10)21-15(23)8-25-12-4-5-14-13(7-12)22-16(24)9-26-14/h1-7H,8-9H2,(H,21,23)(H,22,24). The molecule has 3 rings (SSSR count). The van der Waals surface area contributed by atoms with Gasteiger partial charge in [0.2, 0.25) is 0 Å². The fourth-order valence-corrected chi connectivity index (χ4v) is 2.27. The molecule has 0 radical (unpaired) electrons. The van der Waals surface area contributed by atoms with Crippen LogP contribution in [0.4, 0.5) is 24.5 Å². The van der Waals surface area contributed by atoms with Crippen LogP contribution in [0, 0.1) is 0 Å². The van der Waals surface area contributed by atoms with E-state index in [0.29, 0.717) is 17.2 Å². The summed E-state index contributed by atoms with van der Waals surface area (Å²) in [6.45, 7) is -0.490. The van der Waals surface area contributed by atoms with Crippen molar-refractivity contribution >= 4 is 23.2 Å². The summed E-state index contributed by atoms with van der Waals surface area (Å²) in [6, 6.07) is 8.91. The van der Waals surface area contributed by atoms with Gasteiger partial charge in [-0.15, -0.1) is 0 Å². The van der Waals surface area contributed by atoms with E-state index in [1.54, 1.807) is 12.1 Å². The largest absolute Gasteiger partial charge is 0.484 e. The Bertz CT molecular complexity index is 852. The summed E-state index contributed by atoms with van der Waals surface area (Å²) in [7, 11) is 0. The number of carbonyl (C=O) groups is 2. The van der Waals surface area contributed by atoms with E-state index in [0.717, 1.165) is 12.1 Å². The van der Waals surface area contributed by atoms with Crippen molar-refractivity contribution in [2.75, 3.05) is 23.8 Å². The van der Waals surface area contributed by atoms with Crippen LogP contribution in [0.25, 0.3) is 0 Å². The van der Waals surface area contributed by atoms with Crippen molar-refractivity contribution in [1.29, 1.82) is 0 Å². The van der Waals surface area contributed by atoms with Gasteiger partial charge in [-0.25, -0.2) is 0 Å². The van der Waals surface area contributed by atoms with E-state index in [1.807, 2.05) is 0 Å². The second-order valence-electron chi connectivity index (χ2n) is 5.41. The number of benzene rings is 2.